The van der Waals surface area contributed by atoms with Gasteiger partial charge in [-0.05, 0) is 52.6 Å². The Bertz CT molecular complexity index is 426. The molecule has 0 saturated carbocycles. The molecular weight excluding hydrogens is 330 g/mol. The van der Waals surface area contributed by atoms with Crippen LogP contribution in [0, 0.1) is 0 Å². The van der Waals surface area contributed by atoms with Gasteiger partial charge < -0.3 is 20.3 Å². The van der Waals surface area contributed by atoms with Crippen LogP contribution in [0.25, 0.3) is 0 Å². The minimum absolute atomic E-state index is 0.00693. The number of ether oxygens (including phenoxy) is 1. The lowest BCUT2D eigenvalue weighted by Crippen LogP contribution is -2.45. The van der Waals surface area contributed by atoms with E-state index in [2.05, 4.69) is 41.3 Å². The standard InChI is InChI=1S/C19H39N5O2/c1-6-24-12-9-10-17(24)14-21-19(22-15-18(25)23(4)5)20-11-7-8-13-26-16(2)3/h16-17H,6-15H2,1-5H3,(H2,20,21,22). The first-order valence-electron chi connectivity index (χ1n) is 10.0. The molecule has 0 aromatic rings. The molecule has 0 radical (unpaired) electrons. The van der Waals surface area contributed by atoms with Crippen molar-refractivity contribution >= 4 is 11.9 Å². The molecule has 7 heteroatoms. The monoisotopic (exact) mass is 369 g/mol. The van der Waals surface area contributed by atoms with Crippen molar-refractivity contribution in [1.29, 1.82) is 0 Å². The Morgan fingerprint density at radius 1 is 1.31 bits per heavy atom. The zero-order chi connectivity index (χ0) is 19.4. The molecule has 1 atom stereocenters. The largest absolute Gasteiger partial charge is 0.379 e. The fraction of sp³-hybridized carbons (Fsp3) is 0.895. The van der Waals surface area contributed by atoms with Gasteiger partial charge >= 0.3 is 0 Å². The van der Waals surface area contributed by atoms with Crippen LogP contribution < -0.4 is 10.6 Å². The van der Waals surface area contributed by atoms with Crippen LogP contribution in [-0.2, 0) is 9.53 Å². The lowest BCUT2D eigenvalue weighted by Gasteiger charge is -2.24. The number of nitrogens with one attached hydrogen (secondary N) is 2. The summed E-state index contributed by atoms with van der Waals surface area (Å²) in [6.45, 7) is 11.2. The summed E-state index contributed by atoms with van der Waals surface area (Å²) in [6.07, 6.45) is 4.79. The Morgan fingerprint density at radius 3 is 2.73 bits per heavy atom. The zero-order valence-electron chi connectivity index (χ0n) is 17.4. The fourth-order valence-corrected chi connectivity index (χ4v) is 2.97. The summed E-state index contributed by atoms with van der Waals surface area (Å²) in [4.78, 5) is 20.3. The maximum atomic E-state index is 11.8. The van der Waals surface area contributed by atoms with Crippen LogP contribution in [0.5, 0.6) is 0 Å². The number of likely N-dealkylation sites (N-methyl/N-ethyl adjacent to an activating group) is 2. The molecule has 1 fully saturated rings. The van der Waals surface area contributed by atoms with E-state index in [1.54, 1.807) is 19.0 Å². The van der Waals surface area contributed by atoms with Gasteiger partial charge in [-0.2, -0.15) is 0 Å². The van der Waals surface area contributed by atoms with E-state index in [1.807, 2.05) is 0 Å². The van der Waals surface area contributed by atoms with Gasteiger partial charge in [0, 0.05) is 39.8 Å². The molecule has 1 unspecified atom stereocenters. The first-order valence-corrected chi connectivity index (χ1v) is 10.0. The summed E-state index contributed by atoms with van der Waals surface area (Å²) in [5, 5.41) is 6.78. The van der Waals surface area contributed by atoms with E-state index in [4.69, 9.17) is 4.74 Å². The number of likely N-dealkylation sites (tertiary alicyclic amines) is 1. The predicted octanol–water partition coefficient (Wildman–Crippen LogP) is 1.30. The molecule has 1 saturated heterocycles. The highest BCUT2D eigenvalue weighted by atomic mass is 16.5. The molecule has 1 aliphatic heterocycles. The zero-order valence-corrected chi connectivity index (χ0v) is 17.4. The van der Waals surface area contributed by atoms with Crippen molar-refractivity contribution in [2.45, 2.75) is 58.6 Å². The van der Waals surface area contributed by atoms with Crippen LogP contribution in [0.15, 0.2) is 4.99 Å². The molecule has 1 heterocycles. The number of nitrogens with zero attached hydrogens (tertiary/aromatic N) is 3. The second-order valence-corrected chi connectivity index (χ2v) is 7.31. The van der Waals surface area contributed by atoms with Crippen LogP contribution in [0.2, 0.25) is 0 Å². The average molecular weight is 370 g/mol. The molecule has 0 bridgehead atoms. The Morgan fingerprint density at radius 2 is 2.08 bits per heavy atom. The van der Waals surface area contributed by atoms with Crippen molar-refractivity contribution in [3.8, 4) is 0 Å². The van der Waals surface area contributed by atoms with Crippen LogP contribution in [-0.4, -0.2) is 87.2 Å². The van der Waals surface area contributed by atoms with E-state index in [1.165, 1.54) is 19.4 Å². The third-order valence-electron chi connectivity index (χ3n) is 4.60. The minimum Gasteiger partial charge on any atom is -0.379 e. The Hall–Kier alpha value is -1.34. The molecule has 1 amide bonds. The quantitative estimate of drug-likeness (QED) is 0.326. The van der Waals surface area contributed by atoms with Gasteiger partial charge in [-0.15, -0.1) is 0 Å². The second kappa shape index (κ2) is 12.9. The average Bonchev–Trinajstić information content (AvgIpc) is 3.06. The molecule has 0 aromatic carbocycles. The molecular formula is C19H39N5O2. The van der Waals surface area contributed by atoms with E-state index in [0.29, 0.717) is 6.04 Å². The SMILES string of the molecule is CCN1CCCC1CNC(=NCC(=O)N(C)C)NCCCCOC(C)C. The molecule has 1 aliphatic rings. The molecule has 7 nitrogen and oxygen atoms in total. The van der Waals surface area contributed by atoms with Gasteiger partial charge in [0.15, 0.2) is 5.96 Å². The molecule has 0 aromatic heterocycles. The second-order valence-electron chi connectivity index (χ2n) is 7.31. The van der Waals surface area contributed by atoms with Gasteiger partial charge in [0.05, 0.1) is 6.10 Å². The minimum atomic E-state index is 0.00693. The van der Waals surface area contributed by atoms with Crippen LogP contribution >= 0.6 is 0 Å². The Labute approximate surface area is 159 Å². The molecule has 2 N–H and O–H groups in total. The number of hydrogen-bond donors (Lipinski definition) is 2. The van der Waals surface area contributed by atoms with Crippen LogP contribution in [0.1, 0.15) is 46.5 Å². The number of rotatable bonds is 11. The van der Waals surface area contributed by atoms with E-state index in [9.17, 15) is 4.79 Å². The summed E-state index contributed by atoms with van der Waals surface area (Å²) in [5.41, 5.74) is 0. The van der Waals surface area contributed by atoms with Gasteiger partial charge in [-0.25, -0.2) is 4.99 Å². The van der Waals surface area contributed by atoms with Crippen molar-refractivity contribution < 1.29 is 9.53 Å². The maximum Gasteiger partial charge on any atom is 0.243 e. The van der Waals surface area contributed by atoms with Crippen molar-refractivity contribution in [3.05, 3.63) is 0 Å². The van der Waals surface area contributed by atoms with Gasteiger partial charge in [0.25, 0.3) is 0 Å². The lowest BCUT2D eigenvalue weighted by molar-refractivity contribution is -0.127. The summed E-state index contributed by atoms with van der Waals surface area (Å²) >= 11 is 0. The number of carbonyl (C=O) groups excluding carboxylic acids is 1. The van der Waals surface area contributed by atoms with Gasteiger partial charge in [0.2, 0.25) is 5.91 Å². The highest BCUT2D eigenvalue weighted by Gasteiger charge is 2.22. The number of hydrogen-bond acceptors (Lipinski definition) is 4. The van der Waals surface area contributed by atoms with Gasteiger partial charge in [-0.3, -0.25) is 9.69 Å². The number of unbranched alkanes of at least 4 members (excludes halogenated alkanes) is 1. The van der Waals surface area contributed by atoms with Crippen molar-refractivity contribution in [2.24, 2.45) is 4.99 Å². The highest BCUT2D eigenvalue weighted by Crippen LogP contribution is 2.15. The topological polar surface area (TPSA) is 69.2 Å². The number of guanidine groups is 1. The smallest absolute Gasteiger partial charge is 0.243 e. The first kappa shape index (κ1) is 22.7. The third kappa shape index (κ3) is 9.38. The molecule has 152 valence electrons. The van der Waals surface area contributed by atoms with Crippen molar-refractivity contribution in [1.82, 2.24) is 20.4 Å². The van der Waals surface area contributed by atoms with Crippen LogP contribution in [0.3, 0.4) is 0 Å². The van der Waals surface area contributed by atoms with E-state index in [-0.39, 0.29) is 18.6 Å². The Kier molecular flexibility index (Phi) is 11.3. The molecule has 1 rings (SSSR count). The predicted molar refractivity (Wildman–Crippen MR) is 108 cm³/mol. The number of aliphatic imine (C=N–C) groups is 1. The summed E-state index contributed by atoms with van der Waals surface area (Å²) < 4.78 is 5.56. The fourth-order valence-electron chi connectivity index (χ4n) is 2.97. The molecule has 26 heavy (non-hydrogen) atoms. The van der Waals surface area contributed by atoms with E-state index >= 15 is 0 Å². The van der Waals surface area contributed by atoms with Crippen LogP contribution in [0.4, 0.5) is 0 Å². The van der Waals surface area contributed by atoms with E-state index < -0.39 is 0 Å². The first-order chi connectivity index (χ1) is 12.4. The maximum absolute atomic E-state index is 11.8. The number of carbonyl (C=O) groups is 1. The van der Waals surface area contributed by atoms with Gasteiger partial charge in [0.1, 0.15) is 6.54 Å². The third-order valence-corrected chi connectivity index (χ3v) is 4.60. The lowest BCUT2D eigenvalue weighted by atomic mass is 10.2. The Balaban J connectivity index is 2.42. The summed E-state index contributed by atoms with van der Waals surface area (Å²) in [7, 11) is 3.51. The number of amides is 1. The van der Waals surface area contributed by atoms with E-state index in [0.717, 1.165) is 45.0 Å². The summed E-state index contributed by atoms with van der Waals surface area (Å²) in [5.74, 6) is 0.736. The molecule has 0 aliphatic carbocycles. The normalized spacial score (nSPS) is 18.4. The summed E-state index contributed by atoms with van der Waals surface area (Å²) in [6, 6.07) is 0.552. The van der Waals surface area contributed by atoms with Crippen molar-refractivity contribution in [3.63, 3.8) is 0 Å². The highest BCUT2D eigenvalue weighted by molar-refractivity contribution is 5.84. The van der Waals surface area contributed by atoms with Crippen molar-refractivity contribution in [2.75, 3.05) is 53.4 Å². The molecule has 0 spiro atoms. The van der Waals surface area contributed by atoms with Gasteiger partial charge in [-0.1, -0.05) is 6.92 Å².